The number of anilines is 2. The van der Waals surface area contributed by atoms with Gasteiger partial charge < -0.3 is 9.26 Å². The number of rotatable bonds is 1. The average Bonchev–Trinajstić information content (AvgIpc) is 1.94. The van der Waals surface area contributed by atoms with E-state index in [1.165, 1.54) is 0 Å². The predicted molar refractivity (Wildman–Crippen MR) is 51.0 cm³/mol. The lowest BCUT2D eigenvalue weighted by molar-refractivity contribution is 1.21. The lowest BCUT2D eigenvalue weighted by Crippen LogP contribution is -1.93. The van der Waals surface area contributed by atoms with Crippen molar-refractivity contribution in [2.45, 2.75) is 6.92 Å². The molecule has 0 saturated heterocycles. The molecule has 4 heteroatoms. The van der Waals surface area contributed by atoms with E-state index in [0.29, 0.717) is 5.69 Å². The van der Waals surface area contributed by atoms with Crippen molar-refractivity contribution in [3.05, 3.63) is 18.0 Å². The summed E-state index contributed by atoms with van der Waals surface area (Å²) in [5, 5.41) is 0. The van der Waals surface area contributed by atoms with Gasteiger partial charge in [-0.1, -0.05) is 0 Å². The molecule has 0 aromatic carbocycles. The number of hydrogen-bond acceptors (Lipinski definition) is 3. The van der Waals surface area contributed by atoms with Gasteiger partial charge in [0.05, 0.1) is 40.4 Å². The minimum absolute atomic E-state index is 0.681. The normalized spacial score (nSPS) is 9.40. The monoisotopic (exact) mass is 249 g/mol. The summed E-state index contributed by atoms with van der Waals surface area (Å²) in [6.45, 7) is 1.93. The molecule has 0 amide bonds. The maximum absolute atomic E-state index is 5.57. The summed E-state index contributed by atoms with van der Waals surface area (Å²) in [5.41, 5.74) is 8.14. The van der Waals surface area contributed by atoms with Gasteiger partial charge in [0, 0.05) is 5.69 Å². The quantitative estimate of drug-likeness (QED) is 0.588. The summed E-state index contributed by atoms with van der Waals surface area (Å²) in [5.74, 6) is 0. The Bertz CT molecular complexity index is 236. The van der Waals surface area contributed by atoms with Crippen molar-refractivity contribution >= 4 is 34.2 Å². The fourth-order valence-electron chi connectivity index (χ4n) is 0.652. The fourth-order valence-corrected chi connectivity index (χ4v) is 1.12. The zero-order chi connectivity index (χ0) is 7.56. The van der Waals surface area contributed by atoms with E-state index >= 15 is 0 Å². The van der Waals surface area contributed by atoms with Crippen molar-refractivity contribution in [1.82, 2.24) is 4.98 Å². The second kappa shape index (κ2) is 3.05. The van der Waals surface area contributed by atoms with Crippen LogP contribution in [-0.2, 0) is 0 Å². The molecule has 0 aliphatic heterocycles. The number of aryl methyl sites for hydroxylation is 1. The Labute approximate surface area is 73.5 Å². The van der Waals surface area contributed by atoms with E-state index in [1.54, 1.807) is 6.20 Å². The molecule has 3 N–H and O–H groups in total. The van der Waals surface area contributed by atoms with Crippen LogP contribution in [0.25, 0.3) is 0 Å². The molecule has 1 rings (SSSR count). The third kappa shape index (κ3) is 1.50. The van der Waals surface area contributed by atoms with E-state index in [9.17, 15) is 0 Å². The number of aromatic nitrogens is 1. The van der Waals surface area contributed by atoms with Crippen molar-refractivity contribution in [2.24, 2.45) is 0 Å². The van der Waals surface area contributed by atoms with Crippen molar-refractivity contribution in [3.63, 3.8) is 0 Å². The van der Waals surface area contributed by atoms with Gasteiger partial charge in [-0.05, 0) is 13.0 Å². The maximum Gasteiger partial charge on any atom is 0.0743 e. The second-order valence-corrected chi connectivity index (χ2v) is 2.55. The molecule has 1 heterocycles. The number of nitrogen functional groups attached to an aromatic ring is 1. The molecule has 0 saturated carbocycles. The molecule has 0 radical (unpaired) electrons. The Morgan fingerprint density at radius 2 is 2.40 bits per heavy atom. The molecular weight excluding hydrogens is 241 g/mol. The first-order valence-electron chi connectivity index (χ1n) is 2.83. The molecule has 10 heavy (non-hydrogen) atoms. The number of hydrogen-bond donors (Lipinski definition) is 2. The van der Waals surface area contributed by atoms with Gasteiger partial charge in [-0.2, -0.15) is 0 Å². The highest BCUT2D eigenvalue weighted by atomic mass is 127. The van der Waals surface area contributed by atoms with E-state index in [1.807, 2.05) is 35.9 Å². The zero-order valence-electron chi connectivity index (χ0n) is 5.56. The topological polar surface area (TPSA) is 50.9 Å². The largest absolute Gasteiger partial charge is 0.396 e. The summed E-state index contributed by atoms with van der Waals surface area (Å²) in [4.78, 5) is 4.02. The van der Waals surface area contributed by atoms with Crippen molar-refractivity contribution in [3.8, 4) is 0 Å². The number of pyridine rings is 1. The Hall–Kier alpha value is -0.520. The highest BCUT2D eigenvalue weighted by molar-refractivity contribution is 14.1. The number of nitrogens with zero attached hydrogens (tertiary/aromatic N) is 1. The fraction of sp³-hybridized carbons (Fsp3) is 0.167. The minimum Gasteiger partial charge on any atom is -0.396 e. The molecule has 3 nitrogen and oxygen atoms in total. The molecule has 0 spiro atoms. The number of halogens is 1. The summed E-state index contributed by atoms with van der Waals surface area (Å²) in [6, 6.07) is 1.90. The van der Waals surface area contributed by atoms with Gasteiger partial charge in [-0.3, -0.25) is 4.98 Å². The zero-order valence-corrected chi connectivity index (χ0v) is 7.71. The Morgan fingerprint density at radius 1 is 1.70 bits per heavy atom. The van der Waals surface area contributed by atoms with Gasteiger partial charge in [0.25, 0.3) is 0 Å². The van der Waals surface area contributed by atoms with Gasteiger partial charge in [0.15, 0.2) is 0 Å². The molecule has 0 bridgehead atoms. The van der Waals surface area contributed by atoms with Crippen LogP contribution >= 0.6 is 22.9 Å². The minimum atomic E-state index is 0.681. The summed E-state index contributed by atoms with van der Waals surface area (Å²) < 4.78 is 2.94. The average molecular weight is 249 g/mol. The molecule has 0 unspecified atom stereocenters. The molecule has 1 aromatic rings. The van der Waals surface area contributed by atoms with E-state index in [-0.39, 0.29) is 0 Å². The van der Waals surface area contributed by atoms with Gasteiger partial charge in [0.1, 0.15) is 0 Å². The van der Waals surface area contributed by atoms with Crippen molar-refractivity contribution in [1.29, 1.82) is 0 Å². The highest BCUT2D eigenvalue weighted by Crippen LogP contribution is 2.18. The molecule has 0 atom stereocenters. The smallest absolute Gasteiger partial charge is 0.0743 e. The van der Waals surface area contributed by atoms with Gasteiger partial charge in [-0.15, -0.1) is 0 Å². The first-order chi connectivity index (χ1) is 4.74. The van der Waals surface area contributed by atoms with E-state index in [2.05, 4.69) is 8.51 Å². The van der Waals surface area contributed by atoms with Gasteiger partial charge >= 0.3 is 0 Å². The number of nitrogens with one attached hydrogen (secondary N) is 1. The lowest BCUT2D eigenvalue weighted by atomic mass is 10.3. The maximum atomic E-state index is 5.57. The first kappa shape index (κ1) is 7.59. The Kier molecular flexibility index (Phi) is 2.31. The van der Waals surface area contributed by atoms with Crippen molar-refractivity contribution in [2.75, 3.05) is 9.26 Å². The van der Waals surface area contributed by atoms with Crippen molar-refractivity contribution < 1.29 is 0 Å². The van der Waals surface area contributed by atoms with Crippen LogP contribution in [0.3, 0.4) is 0 Å². The summed E-state index contributed by atoms with van der Waals surface area (Å²) >= 11 is 2.04. The van der Waals surface area contributed by atoms with E-state index in [0.717, 1.165) is 11.4 Å². The molecular formula is C6H8IN3. The van der Waals surface area contributed by atoms with Crippen LogP contribution in [0.2, 0.25) is 0 Å². The van der Waals surface area contributed by atoms with Crippen LogP contribution in [0, 0.1) is 6.92 Å². The predicted octanol–water partition coefficient (Wildman–Crippen LogP) is 1.73. The van der Waals surface area contributed by atoms with Crippen LogP contribution in [0.5, 0.6) is 0 Å². The highest BCUT2D eigenvalue weighted by Gasteiger charge is 1.95. The van der Waals surface area contributed by atoms with E-state index < -0.39 is 0 Å². The molecule has 0 aliphatic rings. The second-order valence-electron chi connectivity index (χ2n) is 2.01. The molecule has 0 aliphatic carbocycles. The third-order valence-corrected chi connectivity index (χ3v) is 1.75. The lowest BCUT2D eigenvalue weighted by Gasteiger charge is -2.02. The van der Waals surface area contributed by atoms with Crippen LogP contribution in [0.15, 0.2) is 12.3 Å². The SMILES string of the molecule is Cc1cc(NI)c(N)cn1. The van der Waals surface area contributed by atoms with E-state index in [4.69, 9.17) is 5.73 Å². The van der Waals surface area contributed by atoms with Crippen LogP contribution < -0.4 is 9.26 Å². The van der Waals surface area contributed by atoms with Crippen LogP contribution in [0.4, 0.5) is 11.4 Å². The summed E-state index contributed by atoms with van der Waals surface area (Å²) in [7, 11) is 0. The van der Waals surface area contributed by atoms with Crippen LogP contribution in [-0.4, -0.2) is 4.98 Å². The summed E-state index contributed by atoms with van der Waals surface area (Å²) in [6.07, 6.45) is 1.65. The first-order valence-corrected chi connectivity index (χ1v) is 3.90. The molecule has 1 aromatic heterocycles. The van der Waals surface area contributed by atoms with Gasteiger partial charge in [-0.25, -0.2) is 0 Å². The third-order valence-electron chi connectivity index (χ3n) is 1.17. The standard InChI is InChI=1S/C6H8IN3/c1-4-2-6(10-7)5(8)3-9-4/h2-3H,8H2,1H3,(H,9,10). The molecule has 54 valence electrons. The van der Waals surface area contributed by atoms with Crippen LogP contribution in [0.1, 0.15) is 5.69 Å². The Balaban J connectivity index is 3.09. The van der Waals surface area contributed by atoms with Gasteiger partial charge in [0.2, 0.25) is 0 Å². The molecule has 0 fully saturated rings. The Morgan fingerprint density at radius 3 is 2.90 bits per heavy atom. The number of nitrogens with two attached hydrogens (primary N) is 1.